The molecule has 4 fully saturated rings. The molecule has 0 spiro atoms. The average Bonchev–Trinajstić information content (AvgIpc) is 3.64. The predicted molar refractivity (Wildman–Crippen MR) is 249 cm³/mol. The minimum atomic E-state index is -0.192. The van der Waals surface area contributed by atoms with Crippen molar-refractivity contribution in [3.8, 4) is 0 Å². The highest BCUT2D eigenvalue weighted by Gasteiger charge is 2.66. The summed E-state index contributed by atoms with van der Waals surface area (Å²) >= 11 is 0. The smallest absolute Gasteiger partial charge is 0.410 e. The van der Waals surface area contributed by atoms with Crippen LogP contribution in [-0.4, -0.2) is 97.4 Å². The van der Waals surface area contributed by atoms with Crippen LogP contribution in [0, 0.1) is 46.3 Å². The first-order valence-electron chi connectivity index (χ1n) is 25.8. The molecule has 5 rings (SSSR count). The lowest BCUT2D eigenvalue weighted by Gasteiger charge is -2.65. The van der Waals surface area contributed by atoms with Crippen molar-refractivity contribution in [3.63, 3.8) is 0 Å². The summed E-state index contributed by atoms with van der Waals surface area (Å²) in [6, 6.07) is 10.0. The van der Waals surface area contributed by atoms with Gasteiger partial charge in [0, 0.05) is 58.1 Å². The van der Waals surface area contributed by atoms with E-state index in [0.717, 1.165) is 69.9 Å². The fourth-order valence-electron chi connectivity index (χ4n) is 13.2. The normalized spacial score (nSPS) is 31.0. The molecular weight excluding hydrogens is 779 g/mol. The minimum Gasteiger partial charge on any atom is -0.445 e. The summed E-state index contributed by atoms with van der Waals surface area (Å²) in [4.78, 5) is 15.6. The molecule has 4 aliphatic carbocycles. The highest BCUT2D eigenvalue weighted by molar-refractivity contribution is 5.67. The lowest BCUT2D eigenvalue weighted by atomic mass is 9.43. The zero-order valence-corrected chi connectivity index (χ0v) is 39.8. The van der Waals surface area contributed by atoms with Crippen LogP contribution < -0.4 is 0 Å². The summed E-state index contributed by atoms with van der Waals surface area (Å²) in [5, 5.41) is 29.0. The van der Waals surface area contributed by atoms with Gasteiger partial charge in [-0.1, -0.05) is 116 Å². The zero-order chi connectivity index (χ0) is 44.2. The SMILES string of the molecule is CCCCCCCCCCCCN(CCCC(C)[C@H]1CC[C@H]2C3C(OCCCO)CC4C[C@H](OCCCO)CC[C@]4(C)[C@H]3C[C@H](OCCCO)[C@]12C)C(=O)OCc1ccccc1. The van der Waals surface area contributed by atoms with E-state index in [1.54, 1.807) is 0 Å². The van der Waals surface area contributed by atoms with Gasteiger partial charge in [-0.15, -0.1) is 0 Å². The van der Waals surface area contributed by atoms with E-state index in [1.807, 2.05) is 35.2 Å². The number of ether oxygens (including phenoxy) is 4. The van der Waals surface area contributed by atoms with E-state index in [4.69, 9.17) is 18.9 Å². The summed E-state index contributed by atoms with van der Waals surface area (Å²) in [6.07, 6.45) is 24.7. The van der Waals surface area contributed by atoms with Crippen LogP contribution in [0.15, 0.2) is 30.3 Å². The second-order valence-electron chi connectivity index (χ2n) is 20.6. The standard InChI is InChI=1S/C53H91NO8/c1-5-6-7-8-9-10-11-12-13-17-29-54(51(58)62-40-42-23-15-14-16-24-42)30-18-22-41(2)45-25-26-46-50-47(39-49(53(45,46)4)61-36-21-33-57)52(3)28-27-44(59-34-19-31-55)37-43(52)38-48(50)60-35-20-32-56/h14-16,23-24,41,43-50,55-57H,5-13,17-22,25-40H2,1-4H3/t41?,43?,44-,45-,46+,47+,48?,49+,50?,52+,53-/m1/s1. The Bertz CT molecular complexity index is 1370. The first-order chi connectivity index (χ1) is 30.2. The Balaban J connectivity index is 1.26. The molecule has 4 unspecified atom stereocenters. The monoisotopic (exact) mass is 870 g/mol. The van der Waals surface area contributed by atoms with Gasteiger partial charge in [0.2, 0.25) is 0 Å². The number of amides is 1. The summed E-state index contributed by atoms with van der Waals surface area (Å²) < 4.78 is 26.1. The fourth-order valence-corrected chi connectivity index (χ4v) is 13.2. The van der Waals surface area contributed by atoms with E-state index < -0.39 is 0 Å². The summed E-state index contributed by atoms with van der Waals surface area (Å²) in [6.45, 7) is 13.9. The summed E-state index contributed by atoms with van der Waals surface area (Å²) in [5.74, 6) is 2.86. The van der Waals surface area contributed by atoms with Gasteiger partial charge >= 0.3 is 6.09 Å². The number of aliphatic hydroxyl groups excluding tert-OH is 3. The van der Waals surface area contributed by atoms with Crippen LogP contribution in [0.5, 0.6) is 0 Å². The second kappa shape index (κ2) is 27.0. The third kappa shape index (κ3) is 13.9. The first kappa shape index (κ1) is 51.2. The molecule has 9 nitrogen and oxygen atoms in total. The number of hydrogen-bond acceptors (Lipinski definition) is 8. The molecule has 4 saturated carbocycles. The second-order valence-corrected chi connectivity index (χ2v) is 20.6. The third-order valence-electron chi connectivity index (χ3n) is 16.7. The zero-order valence-electron chi connectivity index (χ0n) is 39.8. The van der Waals surface area contributed by atoms with Crippen LogP contribution in [0.1, 0.15) is 175 Å². The van der Waals surface area contributed by atoms with Crippen LogP contribution >= 0.6 is 0 Å². The van der Waals surface area contributed by atoms with Gasteiger partial charge in [0.25, 0.3) is 0 Å². The Labute approximate surface area is 377 Å². The number of rotatable bonds is 30. The molecule has 9 heteroatoms. The topological polar surface area (TPSA) is 118 Å². The van der Waals surface area contributed by atoms with Gasteiger partial charge in [0.05, 0.1) is 18.3 Å². The van der Waals surface area contributed by atoms with E-state index in [2.05, 4.69) is 27.7 Å². The van der Waals surface area contributed by atoms with E-state index >= 15 is 0 Å². The maximum Gasteiger partial charge on any atom is 0.410 e. The molecule has 62 heavy (non-hydrogen) atoms. The van der Waals surface area contributed by atoms with Crippen molar-refractivity contribution < 1.29 is 39.1 Å². The largest absolute Gasteiger partial charge is 0.445 e. The number of unbranched alkanes of at least 4 members (excludes halogenated alkanes) is 9. The van der Waals surface area contributed by atoms with Gasteiger partial charge in [-0.05, 0) is 130 Å². The van der Waals surface area contributed by atoms with Crippen molar-refractivity contribution in [1.82, 2.24) is 4.90 Å². The molecule has 1 aromatic carbocycles. The summed E-state index contributed by atoms with van der Waals surface area (Å²) in [7, 11) is 0. The number of nitrogens with zero attached hydrogens (tertiary/aromatic N) is 1. The van der Waals surface area contributed by atoms with Crippen molar-refractivity contribution >= 4 is 6.09 Å². The van der Waals surface area contributed by atoms with Gasteiger partial charge in [0.1, 0.15) is 6.61 Å². The Morgan fingerprint density at radius 2 is 1.35 bits per heavy atom. The van der Waals surface area contributed by atoms with Crippen LogP contribution in [0.2, 0.25) is 0 Å². The van der Waals surface area contributed by atoms with Crippen molar-refractivity contribution in [2.45, 2.75) is 194 Å². The molecule has 0 heterocycles. The van der Waals surface area contributed by atoms with Gasteiger partial charge in [0.15, 0.2) is 0 Å². The molecule has 0 aliphatic heterocycles. The first-order valence-corrected chi connectivity index (χ1v) is 25.8. The van der Waals surface area contributed by atoms with E-state index in [1.165, 1.54) is 64.2 Å². The molecule has 356 valence electrons. The molecule has 0 radical (unpaired) electrons. The molecule has 0 aromatic heterocycles. The Hall–Kier alpha value is -1.75. The molecule has 0 bridgehead atoms. The third-order valence-corrected chi connectivity index (χ3v) is 16.7. The molecule has 1 aromatic rings. The van der Waals surface area contributed by atoms with Gasteiger partial charge in [-0.25, -0.2) is 4.79 Å². The molecule has 4 aliphatic rings. The number of fused-ring (bicyclic) bond motifs is 5. The molecule has 0 saturated heterocycles. The fraction of sp³-hybridized carbons (Fsp3) is 0.868. The van der Waals surface area contributed by atoms with Crippen LogP contribution in [-0.2, 0) is 25.6 Å². The van der Waals surface area contributed by atoms with Gasteiger partial charge in [-0.3, -0.25) is 0 Å². The number of carbonyl (C=O) groups is 1. The maximum absolute atomic E-state index is 13.6. The van der Waals surface area contributed by atoms with Gasteiger partial charge < -0.3 is 39.2 Å². The Morgan fingerprint density at radius 3 is 2.03 bits per heavy atom. The number of carbonyl (C=O) groups excluding carboxylic acids is 1. The van der Waals surface area contributed by atoms with Crippen LogP contribution in [0.4, 0.5) is 4.79 Å². The molecule has 1 amide bonds. The van der Waals surface area contributed by atoms with Crippen LogP contribution in [0.25, 0.3) is 0 Å². The molecule has 3 N–H and O–H groups in total. The van der Waals surface area contributed by atoms with E-state index in [9.17, 15) is 20.1 Å². The Kier molecular flexibility index (Phi) is 22.3. The van der Waals surface area contributed by atoms with Crippen molar-refractivity contribution in [1.29, 1.82) is 0 Å². The molecular formula is C53H91NO8. The number of aliphatic hydroxyl groups is 3. The molecule has 11 atom stereocenters. The van der Waals surface area contributed by atoms with E-state index in [0.29, 0.717) is 87.7 Å². The van der Waals surface area contributed by atoms with Crippen molar-refractivity contribution in [2.24, 2.45) is 46.3 Å². The van der Waals surface area contributed by atoms with Crippen molar-refractivity contribution in [3.05, 3.63) is 35.9 Å². The predicted octanol–water partition coefficient (Wildman–Crippen LogP) is 11.1. The lowest BCUT2D eigenvalue weighted by molar-refractivity contribution is -0.228. The Morgan fingerprint density at radius 1 is 0.726 bits per heavy atom. The number of hydrogen-bond donors (Lipinski definition) is 3. The van der Waals surface area contributed by atoms with Crippen LogP contribution in [0.3, 0.4) is 0 Å². The lowest BCUT2D eigenvalue weighted by Crippen LogP contribution is -2.63. The highest BCUT2D eigenvalue weighted by atomic mass is 16.6. The average molecular weight is 870 g/mol. The highest BCUT2D eigenvalue weighted by Crippen LogP contribution is 2.69. The van der Waals surface area contributed by atoms with Crippen molar-refractivity contribution in [2.75, 3.05) is 52.7 Å². The van der Waals surface area contributed by atoms with E-state index in [-0.39, 0.29) is 55.1 Å². The maximum atomic E-state index is 13.6. The van der Waals surface area contributed by atoms with Gasteiger partial charge in [-0.2, -0.15) is 0 Å². The minimum absolute atomic E-state index is 0.0211. The summed E-state index contributed by atoms with van der Waals surface area (Å²) in [5.41, 5.74) is 1.17. The quantitative estimate of drug-likeness (QED) is 0.0654. The number of benzene rings is 1.